The van der Waals surface area contributed by atoms with Crippen molar-refractivity contribution in [1.29, 1.82) is 0 Å². The van der Waals surface area contributed by atoms with Crippen LogP contribution >= 0.6 is 11.6 Å². The SMILES string of the molecule is C=CCNC(C)Cl.NCC(=O)O. The van der Waals surface area contributed by atoms with E-state index in [-0.39, 0.29) is 12.0 Å². The van der Waals surface area contributed by atoms with Crippen molar-refractivity contribution in [3.05, 3.63) is 12.7 Å². The molecule has 0 aromatic heterocycles. The molecule has 0 heterocycles. The van der Waals surface area contributed by atoms with E-state index in [4.69, 9.17) is 16.7 Å². The number of halogens is 1. The number of nitrogens with one attached hydrogen (secondary N) is 1. The summed E-state index contributed by atoms with van der Waals surface area (Å²) in [6.07, 6.45) is 1.78. The molecule has 1 atom stereocenters. The van der Waals surface area contributed by atoms with Gasteiger partial charge in [-0.05, 0) is 6.92 Å². The van der Waals surface area contributed by atoms with Crippen molar-refractivity contribution in [2.24, 2.45) is 5.73 Å². The maximum atomic E-state index is 9.24. The van der Waals surface area contributed by atoms with Gasteiger partial charge in [-0.15, -0.1) is 18.2 Å². The van der Waals surface area contributed by atoms with Gasteiger partial charge in [0.2, 0.25) is 0 Å². The molecular weight excluding hydrogens is 180 g/mol. The molecule has 0 rings (SSSR count). The van der Waals surface area contributed by atoms with Crippen LogP contribution in [-0.2, 0) is 4.79 Å². The number of alkyl halides is 1. The number of carboxylic acid groups (broad SMARTS) is 1. The first kappa shape index (κ1) is 14.0. The maximum absolute atomic E-state index is 9.24. The van der Waals surface area contributed by atoms with E-state index >= 15 is 0 Å². The Kier molecular flexibility index (Phi) is 12.1. The summed E-state index contributed by atoms with van der Waals surface area (Å²) in [6, 6.07) is 0. The summed E-state index contributed by atoms with van der Waals surface area (Å²) in [4.78, 5) is 9.24. The number of rotatable bonds is 4. The van der Waals surface area contributed by atoms with Crippen LogP contribution in [0.15, 0.2) is 12.7 Å². The summed E-state index contributed by atoms with van der Waals surface area (Å²) in [6.45, 7) is 5.90. The fourth-order valence-electron chi connectivity index (χ4n) is 0.246. The zero-order chi connectivity index (χ0) is 9.98. The smallest absolute Gasteiger partial charge is 0.317 e. The topological polar surface area (TPSA) is 75.3 Å². The molecular formula is C7H15ClN2O2. The fourth-order valence-corrected chi connectivity index (χ4v) is 0.335. The number of carbonyl (C=O) groups is 1. The average Bonchev–Trinajstić information content (AvgIpc) is 2.02. The Labute approximate surface area is 77.4 Å². The second-order valence-corrected chi connectivity index (χ2v) is 2.57. The van der Waals surface area contributed by atoms with Gasteiger partial charge < -0.3 is 10.8 Å². The largest absolute Gasteiger partial charge is 0.480 e. The third-order valence-corrected chi connectivity index (χ3v) is 0.872. The van der Waals surface area contributed by atoms with Gasteiger partial charge in [-0.2, -0.15) is 0 Å². The standard InChI is InChI=1S/C5H10ClN.C2H5NO2/c1-3-4-7-5(2)6;3-1-2(4)5/h3,5,7H,1,4H2,2H3;1,3H2,(H,4,5). The van der Waals surface area contributed by atoms with Gasteiger partial charge in [-0.1, -0.05) is 6.08 Å². The number of carboxylic acids is 1. The lowest BCUT2D eigenvalue weighted by Crippen LogP contribution is -2.19. The van der Waals surface area contributed by atoms with Crippen molar-refractivity contribution < 1.29 is 9.90 Å². The second kappa shape index (κ2) is 10.4. The molecule has 72 valence electrons. The summed E-state index contributed by atoms with van der Waals surface area (Å²) in [5.41, 5.74) is 4.63. The highest BCUT2D eigenvalue weighted by molar-refractivity contribution is 6.20. The van der Waals surface area contributed by atoms with Crippen LogP contribution < -0.4 is 11.1 Å². The molecule has 0 saturated heterocycles. The average molecular weight is 195 g/mol. The van der Waals surface area contributed by atoms with E-state index in [0.29, 0.717) is 0 Å². The fraction of sp³-hybridized carbons (Fsp3) is 0.571. The van der Waals surface area contributed by atoms with E-state index in [0.717, 1.165) is 6.54 Å². The maximum Gasteiger partial charge on any atom is 0.317 e. The summed E-state index contributed by atoms with van der Waals surface area (Å²) in [7, 11) is 0. The number of nitrogens with two attached hydrogens (primary N) is 1. The second-order valence-electron chi connectivity index (χ2n) is 1.91. The monoisotopic (exact) mass is 194 g/mol. The van der Waals surface area contributed by atoms with Gasteiger partial charge >= 0.3 is 5.97 Å². The van der Waals surface area contributed by atoms with Crippen LogP contribution in [0.5, 0.6) is 0 Å². The normalized spacial score (nSPS) is 10.9. The van der Waals surface area contributed by atoms with Crippen LogP contribution in [0.3, 0.4) is 0 Å². The Balaban J connectivity index is 0. The zero-order valence-corrected chi connectivity index (χ0v) is 7.84. The van der Waals surface area contributed by atoms with Gasteiger partial charge in [0, 0.05) is 6.54 Å². The van der Waals surface area contributed by atoms with E-state index in [2.05, 4.69) is 17.6 Å². The molecule has 1 unspecified atom stereocenters. The molecule has 0 aromatic carbocycles. The molecule has 0 radical (unpaired) electrons. The molecule has 0 aliphatic carbocycles. The van der Waals surface area contributed by atoms with E-state index in [1.807, 2.05) is 6.92 Å². The molecule has 12 heavy (non-hydrogen) atoms. The van der Waals surface area contributed by atoms with Crippen molar-refractivity contribution in [3.63, 3.8) is 0 Å². The minimum absolute atomic E-state index is 0.0537. The number of hydrogen-bond acceptors (Lipinski definition) is 3. The minimum Gasteiger partial charge on any atom is -0.480 e. The highest BCUT2D eigenvalue weighted by Gasteiger charge is 1.86. The molecule has 0 bridgehead atoms. The lowest BCUT2D eigenvalue weighted by molar-refractivity contribution is -0.135. The van der Waals surface area contributed by atoms with Crippen LogP contribution in [0.2, 0.25) is 0 Å². The van der Waals surface area contributed by atoms with Crippen molar-refractivity contribution >= 4 is 17.6 Å². The molecule has 4 N–H and O–H groups in total. The van der Waals surface area contributed by atoms with Crippen LogP contribution in [0, 0.1) is 0 Å². The molecule has 0 aromatic rings. The summed E-state index contributed by atoms with van der Waals surface area (Å²) in [5, 5.41) is 10.5. The zero-order valence-electron chi connectivity index (χ0n) is 7.09. The Hall–Kier alpha value is -0.580. The molecule has 0 aliphatic rings. The lowest BCUT2D eigenvalue weighted by Gasteiger charge is -1.99. The number of aliphatic carboxylic acids is 1. The first-order chi connectivity index (χ1) is 5.54. The Morgan fingerprint density at radius 2 is 2.33 bits per heavy atom. The van der Waals surface area contributed by atoms with Crippen molar-refractivity contribution in [1.82, 2.24) is 5.32 Å². The van der Waals surface area contributed by atoms with Gasteiger partial charge in [-0.3, -0.25) is 10.1 Å². The lowest BCUT2D eigenvalue weighted by atomic mass is 10.6. The van der Waals surface area contributed by atoms with Crippen molar-refractivity contribution in [2.75, 3.05) is 13.1 Å². The summed E-state index contributed by atoms with van der Waals surface area (Å²) < 4.78 is 0. The van der Waals surface area contributed by atoms with E-state index in [9.17, 15) is 4.79 Å². The predicted molar refractivity (Wildman–Crippen MR) is 50.2 cm³/mol. The summed E-state index contributed by atoms with van der Waals surface area (Å²) in [5.74, 6) is -0.968. The van der Waals surface area contributed by atoms with Gasteiger partial charge in [0.25, 0.3) is 0 Å². The van der Waals surface area contributed by atoms with Gasteiger partial charge in [-0.25, -0.2) is 0 Å². The first-order valence-corrected chi connectivity index (χ1v) is 3.88. The van der Waals surface area contributed by atoms with Crippen molar-refractivity contribution in [3.8, 4) is 0 Å². The highest BCUT2D eigenvalue weighted by Crippen LogP contribution is 1.83. The van der Waals surface area contributed by atoms with Gasteiger partial charge in [0.1, 0.15) is 0 Å². The predicted octanol–water partition coefficient (Wildman–Crippen LogP) is 0.376. The van der Waals surface area contributed by atoms with Crippen LogP contribution in [-0.4, -0.2) is 29.7 Å². The quantitative estimate of drug-likeness (QED) is 0.344. The third kappa shape index (κ3) is 22.7. The number of hydrogen-bond donors (Lipinski definition) is 3. The van der Waals surface area contributed by atoms with Crippen LogP contribution in [0.1, 0.15) is 6.92 Å². The first-order valence-electron chi connectivity index (χ1n) is 3.44. The van der Waals surface area contributed by atoms with E-state index in [1.165, 1.54) is 0 Å². The molecule has 0 amide bonds. The molecule has 0 saturated carbocycles. The van der Waals surface area contributed by atoms with Gasteiger partial charge in [0.15, 0.2) is 0 Å². The van der Waals surface area contributed by atoms with Crippen LogP contribution in [0.4, 0.5) is 0 Å². The van der Waals surface area contributed by atoms with E-state index in [1.54, 1.807) is 6.08 Å². The molecule has 5 heteroatoms. The van der Waals surface area contributed by atoms with Crippen LogP contribution in [0.25, 0.3) is 0 Å². The third-order valence-electron chi connectivity index (χ3n) is 0.718. The van der Waals surface area contributed by atoms with E-state index < -0.39 is 5.97 Å². The Morgan fingerprint density at radius 1 is 1.92 bits per heavy atom. The summed E-state index contributed by atoms with van der Waals surface area (Å²) >= 11 is 5.50. The molecule has 0 spiro atoms. The highest BCUT2D eigenvalue weighted by atomic mass is 35.5. The van der Waals surface area contributed by atoms with Gasteiger partial charge in [0.05, 0.1) is 12.0 Å². The Morgan fingerprint density at radius 3 is 2.42 bits per heavy atom. The molecule has 4 nitrogen and oxygen atoms in total. The molecule has 0 aliphatic heterocycles. The van der Waals surface area contributed by atoms with Crippen molar-refractivity contribution in [2.45, 2.75) is 12.4 Å². The minimum atomic E-state index is -0.968. The molecule has 0 fully saturated rings. The Bertz CT molecular complexity index is 129.